The van der Waals surface area contributed by atoms with Gasteiger partial charge in [-0.3, -0.25) is 0 Å². The van der Waals surface area contributed by atoms with E-state index < -0.39 is 5.92 Å². The van der Waals surface area contributed by atoms with Gasteiger partial charge < -0.3 is 19.8 Å². The molecule has 3 heterocycles. The molecule has 0 fully saturated rings. The second kappa shape index (κ2) is 7.07. The van der Waals surface area contributed by atoms with Crippen LogP contribution in [0.4, 0.5) is 10.2 Å². The summed E-state index contributed by atoms with van der Waals surface area (Å²) in [5, 5.41) is 0. The van der Waals surface area contributed by atoms with Crippen LogP contribution >= 0.6 is 0 Å². The van der Waals surface area contributed by atoms with Crippen molar-refractivity contribution in [3.05, 3.63) is 83.9 Å². The topological polar surface area (TPSA) is 95.9 Å². The summed E-state index contributed by atoms with van der Waals surface area (Å²) in [4.78, 5) is 24.7. The maximum absolute atomic E-state index is 13.5. The third-order valence-corrected chi connectivity index (χ3v) is 5.13. The molecule has 7 nitrogen and oxygen atoms in total. The molecule has 1 atom stereocenters. The van der Waals surface area contributed by atoms with Gasteiger partial charge in [-0.05, 0) is 23.8 Å². The second-order valence-corrected chi connectivity index (χ2v) is 6.90. The van der Waals surface area contributed by atoms with Crippen LogP contribution < -0.4 is 10.5 Å². The number of allylic oxidation sites excluding steroid dienone is 2. The highest BCUT2D eigenvalue weighted by Gasteiger charge is 2.31. The van der Waals surface area contributed by atoms with Crippen LogP contribution in [0, 0.1) is 5.82 Å². The minimum atomic E-state index is -0.551. The summed E-state index contributed by atoms with van der Waals surface area (Å²) in [6.45, 7) is 0.262. The fourth-order valence-corrected chi connectivity index (χ4v) is 3.75. The van der Waals surface area contributed by atoms with Crippen molar-refractivity contribution in [2.45, 2.75) is 12.5 Å². The quantitative estimate of drug-likeness (QED) is 0.527. The Kier molecular flexibility index (Phi) is 4.24. The Balaban J connectivity index is 1.69. The minimum Gasteiger partial charge on any atom is -0.459 e. The van der Waals surface area contributed by atoms with Gasteiger partial charge in [-0.25, -0.2) is 19.3 Å². The van der Waals surface area contributed by atoms with Gasteiger partial charge in [0.15, 0.2) is 11.5 Å². The molecule has 1 aliphatic rings. The second-order valence-electron chi connectivity index (χ2n) is 6.90. The molecule has 0 radical (unpaired) electrons. The van der Waals surface area contributed by atoms with Crippen LogP contribution in [-0.2, 0) is 11.3 Å². The monoisotopic (exact) mass is 401 g/mol. The molecular formula is C22H16FN5O2. The molecule has 1 aliphatic heterocycles. The van der Waals surface area contributed by atoms with Gasteiger partial charge in [0, 0.05) is 11.1 Å². The van der Waals surface area contributed by atoms with Crippen LogP contribution in [0.15, 0.2) is 66.9 Å². The van der Waals surface area contributed by atoms with Crippen molar-refractivity contribution in [2.24, 2.45) is 0 Å². The first-order valence-corrected chi connectivity index (χ1v) is 9.28. The molecular weight excluding hydrogens is 385 g/mol. The molecule has 0 saturated carbocycles. The largest absolute Gasteiger partial charge is 0.459 e. The van der Waals surface area contributed by atoms with Gasteiger partial charge in [0.05, 0.1) is 18.8 Å². The van der Waals surface area contributed by atoms with Gasteiger partial charge in [-0.15, -0.1) is 0 Å². The lowest BCUT2D eigenvalue weighted by Crippen LogP contribution is -2.19. The molecule has 148 valence electrons. The highest BCUT2D eigenvalue weighted by atomic mass is 19.1. The van der Waals surface area contributed by atoms with E-state index in [1.165, 1.54) is 18.5 Å². The van der Waals surface area contributed by atoms with E-state index >= 15 is 0 Å². The van der Waals surface area contributed by atoms with Crippen molar-refractivity contribution in [1.29, 1.82) is 0 Å². The zero-order chi connectivity index (χ0) is 20.7. The van der Waals surface area contributed by atoms with Gasteiger partial charge in [-0.2, -0.15) is 0 Å². The van der Waals surface area contributed by atoms with Crippen LogP contribution in [0.25, 0.3) is 16.7 Å². The molecule has 0 spiro atoms. The third-order valence-electron chi connectivity index (χ3n) is 5.13. The maximum atomic E-state index is 13.5. The van der Waals surface area contributed by atoms with E-state index in [1.54, 1.807) is 23.0 Å². The number of benzene rings is 2. The minimum absolute atomic E-state index is 0.262. The fourth-order valence-electron chi connectivity index (χ4n) is 3.75. The number of aromatic nitrogens is 4. The van der Waals surface area contributed by atoms with E-state index in [0.717, 1.165) is 11.8 Å². The van der Waals surface area contributed by atoms with Crippen LogP contribution in [-0.4, -0.2) is 25.8 Å². The molecule has 2 N–H and O–H groups in total. The predicted octanol–water partition coefficient (Wildman–Crippen LogP) is 3.33. The highest BCUT2D eigenvalue weighted by molar-refractivity contribution is 5.90. The van der Waals surface area contributed by atoms with Crippen molar-refractivity contribution < 1.29 is 13.9 Å². The Morgan fingerprint density at radius 3 is 2.70 bits per heavy atom. The average Bonchev–Trinajstić information content (AvgIpc) is 3.18. The number of rotatable bonds is 4. The summed E-state index contributed by atoms with van der Waals surface area (Å²) in [6.07, 6.45) is 3.85. The number of nitrogen functional groups attached to an aromatic ring is 1. The Morgan fingerprint density at radius 2 is 1.90 bits per heavy atom. The summed E-state index contributed by atoms with van der Waals surface area (Å²) in [7, 11) is 0. The summed E-state index contributed by atoms with van der Waals surface area (Å²) in [5.74, 6) is 0.536. The normalized spacial score (nSPS) is 15.7. The number of anilines is 1. The molecule has 2 aromatic heterocycles. The SMILES string of the molecule is Nc1ncnc2c1ncn2CC1=C(c2ccc(F)cc2)C(C=O)c2ccccc2O1. The van der Waals surface area contributed by atoms with E-state index in [0.29, 0.717) is 33.8 Å². The van der Waals surface area contributed by atoms with Crippen LogP contribution in [0.5, 0.6) is 5.75 Å². The number of fused-ring (bicyclic) bond motifs is 2. The predicted molar refractivity (Wildman–Crippen MR) is 109 cm³/mol. The third kappa shape index (κ3) is 2.89. The number of carbonyl (C=O) groups is 1. The Hall–Kier alpha value is -4.07. The molecule has 0 aliphatic carbocycles. The zero-order valence-corrected chi connectivity index (χ0v) is 15.7. The number of halogens is 1. The summed E-state index contributed by atoms with van der Waals surface area (Å²) < 4.78 is 21.5. The lowest BCUT2D eigenvalue weighted by atomic mass is 9.84. The van der Waals surface area contributed by atoms with Crippen LogP contribution in [0.1, 0.15) is 17.0 Å². The average molecular weight is 401 g/mol. The number of hydrogen-bond acceptors (Lipinski definition) is 6. The summed E-state index contributed by atoms with van der Waals surface area (Å²) >= 11 is 0. The number of nitrogens with zero attached hydrogens (tertiary/aromatic N) is 4. The number of carbonyl (C=O) groups excluding carboxylic acids is 1. The molecule has 8 heteroatoms. The molecule has 0 bridgehead atoms. The Labute approximate surface area is 170 Å². The summed E-state index contributed by atoms with van der Waals surface area (Å²) in [6, 6.07) is 13.4. The zero-order valence-electron chi connectivity index (χ0n) is 15.7. The number of hydrogen-bond donors (Lipinski definition) is 1. The van der Waals surface area contributed by atoms with Crippen molar-refractivity contribution in [3.63, 3.8) is 0 Å². The first-order valence-electron chi connectivity index (χ1n) is 9.28. The standard InChI is InChI=1S/C22H16FN5O2/c23-14-7-5-13(6-8-14)19-16(10-29)15-3-1-2-4-17(15)30-18(19)9-28-12-27-20-21(24)25-11-26-22(20)28/h1-8,10-12,16H,9H2,(H2,24,25,26). The first kappa shape index (κ1) is 18.0. The number of imidazole rings is 1. The fraction of sp³-hybridized carbons (Fsp3) is 0.0909. The molecule has 5 rings (SSSR count). The maximum Gasteiger partial charge on any atom is 0.165 e. The van der Waals surface area contributed by atoms with Gasteiger partial charge in [-0.1, -0.05) is 30.3 Å². The lowest BCUT2D eigenvalue weighted by molar-refractivity contribution is -0.108. The van der Waals surface area contributed by atoms with Gasteiger partial charge in [0.25, 0.3) is 0 Å². The number of aldehydes is 1. The molecule has 0 saturated heterocycles. The number of nitrogens with two attached hydrogens (primary N) is 1. The van der Waals surface area contributed by atoms with E-state index in [1.807, 2.05) is 24.3 Å². The van der Waals surface area contributed by atoms with E-state index in [4.69, 9.17) is 10.5 Å². The summed E-state index contributed by atoms with van der Waals surface area (Å²) in [5.41, 5.74) is 9.08. The van der Waals surface area contributed by atoms with Crippen molar-refractivity contribution in [2.75, 3.05) is 5.73 Å². The lowest BCUT2D eigenvalue weighted by Gasteiger charge is -2.28. The van der Waals surface area contributed by atoms with Gasteiger partial charge >= 0.3 is 0 Å². The first-order chi connectivity index (χ1) is 14.7. The van der Waals surface area contributed by atoms with E-state index in [9.17, 15) is 9.18 Å². The highest BCUT2D eigenvalue weighted by Crippen LogP contribution is 2.43. The van der Waals surface area contributed by atoms with Gasteiger partial charge in [0.2, 0.25) is 0 Å². The molecule has 1 unspecified atom stereocenters. The van der Waals surface area contributed by atoms with Crippen molar-refractivity contribution in [1.82, 2.24) is 19.5 Å². The molecule has 30 heavy (non-hydrogen) atoms. The van der Waals surface area contributed by atoms with Crippen molar-refractivity contribution in [3.8, 4) is 5.75 Å². The molecule has 4 aromatic rings. The Morgan fingerprint density at radius 1 is 1.10 bits per heavy atom. The Bertz CT molecular complexity index is 1300. The van der Waals surface area contributed by atoms with Crippen molar-refractivity contribution >= 4 is 28.8 Å². The van der Waals surface area contributed by atoms with Crippen LogP contribution in [0.3, 0.4) is 0 Å². The van der Waals surface area contributed by atoms with Gasteiger partial charge in [0.1, 0.15) is 35.5 Å². The van der Waals surface area contributed by atoms with E-state index in [-0.39, 0.29) is 18.2 Å². The smallest absolute Gasteiger partial charge is 0.165 e. The van der Waals surface area contributed by atoms with E-state index in [2.05, 4.69) is 15.0 Å². The van der Waals surface area contributed by atoms with Crippen LogP contribution in [0.2, 0.25) is 0 Å². The number of para-hydroxylation sites is 1. The number of ether oxygens (including phenoxy) is 1. The molecule has 2 aromatic carbocycles. The molecule has 0 amide bonds.